The first-order valence-corrected chi connectivity index (χ1v) is 9.20. The highest BCUT2D eigenvalue weighted by Gasteiger charge is 2.22. The van der Waals surface area contributed by atoms with Crippen LogP contribution in [0.3, 0.4) is 0 Å². The lowest BCUT2D eigenvalue weighted by Crippen LogP contribution is -2.30. The number of carbonyl (C=O) groups is 2. The molecule has 2 saturated heterocycles. The number of amides is 2. The summed E-state index contributed by atoms with van der Waals surface area (Å²) in [6.07, 6.45) is 0.509. The molecule has 2 fully saturated rings. The molecule has 0 radical (unpaired) electrons. The van der Waals surface area contributed by atoms with Gasteiger partial charge in [0.15, 0.2) is 0 Å². The van der Waals surface area contributed by atoms with E-state index in [9.17, 15) is 9.59 Å². The summed E-state index contributed by atoms with van der Waals surface area (Å²) in [5.41, 5.74) is 1.97. The minimum atomic E-state index is -0.0624. The van der Waals surface area contributed by atoms with Gasteiger partial charge in [-0.05, 0) is 17.7 Å². The number of rotatable bonds is 4. The smallest absolute Gasteiger partial charge is 0.251 e. The Morgan fingerprint density at radius 3 is 2.57 bits per heavy atom. The van der Waals surface area contributed by atoms with Crippen LogP contribution in [0.1, 0.15) is 26.9 Å². The Balaban J connectivity index is 1.53. The summed E-state index contributed by atoms with van der Waals surface area (Å²) in [4.78, 5) is 23.2. The molecule has 0 saturated carbocycles. The van der Waals surface area contributed by atoms with Gasteiger partial charge in [-0.25, -0.2) is 0 Å². The van der Waals surface area contributed by atoms with Crippen LogP contribution in [0.25, 0.3) is 0 Å². The van der Waals surface area contributed by atoms with Gasteiger partial charge in [-0.2, -0.15) is 0 Å². The van der Waals surface area contributed by atoms with Gasteiger partial charge in [-0.1, -0.05) is 12.1 Å². The lowest BCUT2D eigenvalue weighted by molar-refractivity contribution is -0.119. The molecule has 2 N–H and O–H groups in total. The van der Waals surface area contributed by atoms with Gasteiger partial charge in [-0.3, -0.25) is 9.59 Å². The minimum absolute atomic E-state index is 0.0624. The van der Waals surface area contributed by atoms with Crippen molar-refractivity contribution in [2.24, 2.45) is 5.92 Å². The molecule has 21 heavy (non-hydrogen) atoms. The molecule has 0 spiro atoms. The average molecular weight is 322 g/mol. The SMILES string of the molecule is O=C1C[C@H](CNC(=O)c2ccc(C3SCCS3)cc2)CN1. The van der Waals surface area contributed by atoms with Crippen molar-refractivity contribution >= 4 is 35.3 Å². The van der Waals surface area contributed by atoms with E-state index in [0.29, 0.717) is 29.7 Å². The second kappa shape index (κ2) is 6.75. The molecule has 3 rings (SSSR count). The van der Waals surface area contributed by atoms with Gasteiger partial charge < -0.3 is 10.6 Å². The van der Waals surface area contributed by atoms with Crippen molar-refractivity contribution in [3.63, 3.8) is 0 Å². The molecular formula is C15H18N2O2S2. The van der Waals surface area contributed by atoms with Crippen LogP contribution in [-0.4, -0.2) is 36.4 Å². The van der Waals surface area contributed by atoms with Crippen molar-refractivity contribution in [1.29, 1.82) is 0 Å². The van der Waals surface area contributed by atoms with Crippen molar-refractivity contribution < 1.29 is 9.59 Å². The van der Waals surface area contributed by atoms with Gasteiger partial charge in [0.05, 0.1) is 4.58 Å². The first-order valence-electron chi connectivity index (χ1n) is 7.10. The van der Waals surface area contributed by atoms with E-state index < -0.39 is 0 Å². The van der Waals surface area contributed by atoms with E-state index in [4.69, 9.17) is 0 Å². The van der Waals surface area contributed by atoms with E-state index in [2.05, 4.69) is 10.6 Å². The van der Waals surface area contributed by atoms with Crippen LogP contribution in [0.4, 0.5) is 0 Å². The number of hydrogen-bond acceptors (Lipinski definition) is 4. The van der Waals surface area contributed by atoms with E-state index in [1.807, 2.05) is 47.8 Å². The minimum Gasteiger partial charge on any atom is -0.356 e. The third-order valence-electron chi connectivity index (χ3n) is 3.68. The van der Waals surface area contributed by atoms with Gasteiger partial charge in [0.25, 0.3) is 5.91 Å². The van der Waals surface area contributed by atoms with Crippen molar-refractivity contribution in [3.8, 4) is 0 Å². The van der Waals surface area contributed by atoms with Crippen LogP contribution < -0.4 is 10.6 Å². The molecule has 1 atom stereocenters. The van der Waals surface area contributed by atoms with E-state index in [1.54, 1.807) is 0 Å². The summed E-state index contributed by atoms with van der Waals surface area (Å²) in [6.45, 7) is 1.21. The van der Waals surface area contributed by atoms with Crippen LogP contribution in [-0.2, 0) is 4.79 Å². The van der Waals surface area contributed by atoms with Crippen LogP contribution in [0, 0.1) is 5.92 Å². The summed E-state index contributed by atoms with van der Waals surface area (Å²) >= 11 is 3.92. The Bertz CT molecular complexity index is 527. The number of benzene rings is 1. The van der Waals surface area contributed by atoms with E-state index in [1.165, 1.54) is 17.1 Å². The molecule has 1 aromatic carbocycles. The molecule has 6 heteroatoms. The van der Waals surface area contributed by atoms with Gasteiger partial charge in [0.2, 0.25) is 5.91 Å². The van der Waals surface area contributed by atoms with Crippen molar-refractivity contribution in [2.75, 3.05) is 24.6 Å². The zero-order chi connectivity index (χ0) is 14.7. The summed E-state index contributed by atoms with van der Waals surface area (Å²) in [7, 11) is 0. The Hall–Kier alpha value is -1.14. The molecule has 4 nitrogen and oxygen atoms in total. The number of hydrogen-bond donors (Lipinski definition) is 2. The van der Waals surface area contributed by atoms with Crippen molar-refractivity contribution in [2.45, 2.75) is 11.0 Å². The molecule has 2 aliphatic heterocycles. The third kappa shape index (κ3) is 3.74. The highest BCUT2D eigenvalue weighted by atomic mass is 32.2. The van der Waals surface area contributed by atoms with E-state index in [0.717, 1.165) is 0 Å². The fraction of sp³-hybridized carbons (Fsp3) is 0.467. The molecule has 0 aliphatic carbocycles. The van der Waals surface area contributed by atoms with Crippen molar-refractivity contribution in [1.82, 2.24) is 10.6 Å². The molecule has 1 aromatic rings. The predicted molar refractivity (Wildman–Crippen MR) is 87.5 cm³/mol. The molecule has 2 aliphatic rings. The highest BCUT2D eigenvalue weighted by molar-refractivity contribution is 8.19. The van der Waals surface area contributed by atoms with Crippen LogP contribution in [0.15, 0.2) is 24.3 Å². The first kappa shape index (κ1) is 14.8. The number of nitrogens with one attached hydrogen (secondary N) is 2. The molecule has 0 unspecified atom stereocenters. The maximum atomic E-state index is 12.1. The summed E-state index contributed by atoms with van der Waals surface area (Å²) < 4.78 is 0.512. The Labute approximate surface area is 132 Å². The van der Waals surface area contributed by atoms with Gasteiger partial charge in [0, 0.05) is 42.5 Å². The monoisotopic (exact) mass is 322 g/mol. The Morgan fingerprint density at radius 1 is 1.24 bits per heavy atom. The fourth-order valence-electron chi connectivity index (χ4n) is 2.49. The zero-order valence-electron chi connectivity index (χ0n) is 11.6. The summed E-state index contributed by atoms with van der Waals surface area (Å²) in [5, 5.41) is 5.69. The largest absolute Gasteiger partial charge is 0.356 e. The summed E-state index contributed by atoms with van der Waals surface area (Å²) in [6, 6.07) is 7.88. The molecule has 2 heterocycles. The Morgan fingerprint density at radius 2 is 1.95 bits per heavy atom. The van der Waals surface area contributed by atoms with E-state index in [-0.39, 0.29) is 17.7 Å². The van der Waals surface area contributed by atoms with E-state index >= 15 is 0 Å². The normalized spacial score (nSPS) is 22.3. The van der Waals surface area contributed by atoms with Crippen molar-refractivity contribution in [3.05, 3.63) is 35.4 Å². The molecular weight excluding hydrogens is 304 g/mol. The fourth-order valence-corrected chi connectivity index (χ4v) is 5.35. The Kier molecular flexibility index (Phi) is 4.75. The number of carbonyl (C=O) groups excluding carboxylic acids is 2. The maximum absolute atomic E-state index is 12.1. The zero-order valence-corrected chi connectivity index (χ0v) is 13.3. The quantitative estimate of drug-likeness (QED) is 0.890. The number of thioether (sulfide) groups is 2. The molecule has 0 aromatic heterocycles. The highest BCUT2D eigenvalue weighted by Crippen LogP contribution is 2.45. The molecule has 0 bridgehead atoms. The predicted octanol–water partition coefficient (Wildman–Crippen LogP) is 2.03. The topological polar surface area (TPSA) is 58.2 Å². The average Bonchev–Trinajstić information content (AvgIpc) is 3.16. The maximum Gasteiger partial charge on any atom is 0.251 e. The second-order valence-corrected chi connectivity index (χ2v) is 8.00. The second-order valence-electron chi connectivity index (χ2n) is 5.28. The molecule has 112 valence electrons. The van der Waals surface area contributed by atoms with Gasteiger partial charge in [0.1, 0.15) is 0 Å². The van der Waals surface area contributed by atoms with Gasteiger partial charge >= 0.3 is 0 Å². The summed E-state index contributed by atoms with van der Waals surface area (Å²) in [5.74, 6) is 2.63. The molecule has 2 amide bonds. The third-order valence-corrected chi connectivity index (χ3v) is 6.78. The lowest BCUT2D eigenvalue weighted by atomic mass is 10.1. The first-order chi connectivity index (χ1) is 10.2. The van der Waals surface area contributed by atoms with Gasteiger partial charge in [-0.15, -0.1) is 23.5 Å². The van der Waals surface area contributed by atoms with Crippen LogP contribution >= 0.6 is 23.5 Å². The lowest BCUT2D eigenvalue weighted by Gasteiger charge is -2.11. The van der Waals surface area contributed by atoms with Crippen LogP contribution in [0.5, 0.6) is 0 Å². The standard InChI is InChI=1S/C15H18N2O2S2/c18-13-7-10(8-16-13)9-17-14(19)11-1-3-12(4-2-11)15-20-5-6-21-15/h1-4,10,15H,5-9H2,(H,16,18)(H,17,19)/t10-/m0/s1. The van der Waals surface area contributed by atoms with Crippen LogP contribution in [0.2, 0.25) is 0 Å².